The van der Waals surface area contributed by atoms with Gasteiger partial charge in [-0.25, -0.2) is 0 Å². The molecule has 0 aliphatic rings. The normalized spacial score (nSPS) is 11.4. The summed E-state index contributed by atoms with van der Waals surface area (Å²) in [6.07, 6.45) is 4.99. The fourth-order valence-electron chi connectivity index (χ4n) is 2.68. The zero-order valence-corrected chi connectivity index (χ0v) is 18.4. The Balaban J connectivity index is 0.00000392. The molecule has 1 heterocycles. The quantitative estimate of drug-likeness (QED) is 0.558. The molecule has 4 N–H and O–H groups in total. The van der Waals surface area contributed by atoms with Crippen molar-refractivity contribution in [3.05, 3.63) is 66.0 Å². The van der Waals surface area contributed by atoms with Crippen molar-refractivity contribution in [2.24, 2.45) is 5.73 Å². The van der Waals surface area contributed by atoms with Crippen molar-refractivity contribution in [2.45, 2.75) is 44.7 Å². The minimum atomic E-state index is -0.696. The summed E-state index contributed by atoms with van der Waals surface area (Å²) in [6.45, 7) is 4.37. The number of amides is 2. The summed E-state index contributed by atoms with van der Waals surface area (Å²) < 4.78 is 0. The number of rotatable bonds is 9. The molecule has 2 rings (SSSR count). The van der Waals surface area contributed by atoms with E-state index in [2.05, 4.69) is 15.6 Å². The predicted molar refractivity (Wildman–Crippen MR) is 121 cm³/mol. The smallest absolute Gasteiger partial charge is 0.253 e. The Morgan fingerprint density at radius 3 is 2.28 bits per heavy atom. The van der Waals surface area contributed by atoms with Gasteiger partial charge in [0.05, 0.1) is 5.56 Å². The van der Waals surface area contributed by atoms with E-state index in [4.69, 9.17) is 5.73 Å². The Labute approximate surface area is 184 Å². The zero-order valence-electron chi connectivity index (χ0n) is 16.8. The Kier molecular flexibility index (Phi) is 12.2. The maximum atomic E-state index is 12.8. The molecule has 1 aromatic heterocycles. The molecule has 0 radical (unpaired) electrons. The third-order valence-corrected chi connectivity index (χ3v) is 4.85. The van der Waals surface area contributed by atoms with Gasteiger partial charge < -0.3 is 16.4 Å². The second-order valence-electron chi connectivity index (χ2n) is 6.74. The van der Waals surface area contributed by atoms with E-state index >= 15 is 0 Å². The van der Waals surface area contributed by atoms with Gasteiger partial charge in [0, 0.05) is 30.9 Å². The Bertz CT molecular complexity index is 741. The molecule has 0 aliphatic carbocycles. The number of pyridine rings is 1. The minimum absolute atomic E-state index is 0. The van der Waals surface area contributed by atoms with Crippen LogP contribution in [-0.4, -0.2) is 34.9 Å². The average Bonchev–Trinajstić information content (AvgIpc) is 2.72. The molecule has 1 unspecified atom stereocenters. The van der Waals surface area contributed by atoms with Crippen molar-refractivity contribution in [3.8, 4) is 0 Å². The van der Waals surface area contributed by atoms with Crippen LogP contribution in [0.3, 0.4) is 0 Å². The highest BCUT2D eigenvalue weighted by atomic mass is 35.5. The standard InChI is InChI=1S/C21H28N4O2.2ClH/c1-3-21(22,4-2)15-24-20(27)18(13-16-9-6-5-7-10-16)25-19(26)17-11-8-12-23-14-17;;/h5-12,14,18H,3-4,13,15,22H2,1-2H3,(H,24,27)(H,25,26);2*1H. The van der Waals surface area contributed by atoms with Gasteiger partial charge in [-0.05, 0) is 30.5 Å². The largest absolute Gasteiger partial charge is 0.352 e. The molecule has 2 amide bonds. The molecule has 0 saturated carbocycles. The summed E-state index contributed by atoms with van der Waals surface area (Å²) >= 11 is 0. The van der Waals surface area contributed by atoms with Crippen LogP contribution in [-0.2, 0) is 11.2 Å². The molecular weight excluding hydrogens is 411 g/mol. The summed E-state index contributed by atoms with van der Waals surface area (Å²) in [5.74, 6) is -0.572. The highest BCUT2D eigenvalue weighted by molar-refractivity contribution is 5.97. The van der Waals surface area contributed by atoms with E-state index in [1.165, 1.54) is 6.20 Å². The Morgan fingerprint density at radius 1 is 1.07 bits per heavy atom. The Hall–Kier alpha value is -2.15. The first-order valence-corrected chi connectivity index (χ1v) is 9.29. The van der Waals surface area contributed by atoms with Crippen LogP contribution >= 0.6 is 24.8 Å². The fourth-order valence-corrected chi connectivity index (χ4v) is 2.68. The minimum Gasteiger partial charge on any atom is -0.352 e. The summed E-state index contributed by atoms with van der Waals surface area (Å²) in [6, 6.07) is 12.3. The van der Waals surface area contributed by atoms with Gasteiger partial charge in [-0.3, -0.25) is 14.6 Å². The van der Waals surface area contributed by atoms with Gasteiger partial charge in [0.2, 0.25) is 5.91 Å². The number of aromatic nitrogens is 1. The number of benzene rings is 1. The molecule has 1 aromatic carbocycles. The number of carbonyl (C=O) groups excluding carboxylic acids is 2. The Morgan fingerprint density at radius 2 is 1.72 bits per heavy atom. The van der Waals surface area contributed by atoms with Crippen LogP contribution < -0.4 is 16.4 Å². The van der Waals surface area contributed by atoms with Crippen LogP contribution in [0.25, 0.3) is 0 Å². The average molecular weight is 441 g/mol. The monoisotopic (exact) mass is 440 g/mol. The fraction of sp³-hybridized carbons (Fsp3) is 0.381. The van der Waals surface area contributed by atoms with E-state index in [9.17, 15) is 9.59 Å². The first-order valence-electron chi connectivity index (χ1n) is 9.29. The lowest BCUT2D eigenvalue weighted by molar-refractivity contribution is -0.123. The first kappa shape index (κ1) is 26.9. The van der Waals surface area contributed by atoms with Crippen LogP contribution in [0, 0.1) is 0 Å². The molecule has 0 aliphatic heterocycles. The van der Waals surface area contributed by atoms with E-state index in [0.29, 0.717) is 18.5 Å². The molecule has 160 valence electrons. The number of nitrogens with zero attached hydrogens (tertiary/aromatic N) is 1. The van der Waals surface area contributed by atoms with Gasteiger partial charge >= 0.3 is 0 Å². The summed E-state index contributed by atoms with van der Waals surface area (Å²) in [4.78, 5) is 29.3. The van der Waals surface area contributed by atoms with Gasteiger partial charge in [-0.15, -0.1) is 24.8 Å². The third kappa shape index (κ3) is 8.40. The summed E-state index contributed by atoms with van der Waals surface area (Å²) in [5, 5.41) is 5.73. The lowest BCUT2D eigenvalue weighted by Gasteiger charge is -2.28. The zero-order chi connectivity index (χ0) is 19.7. The van der Waals surface area contributed by atoms with Crippen LogP contribution in [0.15, 0.2) is 54.9 Å². The summed E-state index contributed by atoms with van der Waals surface area (Å²) in [5.41, 5.74) is 7.22. The topological polar surface area (TPSA) is 97.1 Å². The molecule has 0 bridgehead atoms. The predicted octanol–water partition coefficient (Wildman–Crippen LogP) is 2.90. The molecule has 0 spiro atoms. The van der Waals surface area contributed by atoms with Gasteiger partial charge in [0.1, 0.15) is 6.04 Å². The van der Waals surface area contributed by atoms with Crippen molar-refractivity contribution in [3.63, 3.8) is 0 Å². The molecule has 29 heavy (non-hydrogen) atoms. The lowest BCUT2D eigenvalue weighted by Crippen LogP contribution is -2.54. The SMILES string of the molecule is CCC(N)(CC)CNC(=O)C(Cc1ccccc1)NC(=O)c1cccnc1.Cl.Cl. The molecule has 0 fully saturated rings. The second kappa shape index (κ2) is 13.1. The maximum Gasteiger partial charge on any atom is 0.253 e. The van der Waals surface area contributed by atoms with Crippen molar-refractivity contribution >= 4 is 36.6 Å². The van der Waals surface area contributed by atoms with E-state index in [0.717, 1.165) is 18.4 Å². The number of nitrogens with two attached hydrogens (primary N) is 1. The number of carbonyl (C=O) groups is 2. The van der Waals surface area contributed by atoms with Crippen molar-refractivity contribution < 1.29 is 9.59 Å². The van der Waals surface area contributed by atoms with E-state index in [-0.39, 0.29) is 36.6 Å². The van der Waals surface area contributed by atoms with Crippen molar-refractivity contribution in [1.29, 1.82) is 0 Å². The van der Waals surface area contributed by atoms with Gasteiger partial charge in [0.25, 0.3) is 5.91 Å². The maximum absolute atomic E-state index is 12.8. The van der Waals surface area contributed by atoms with Crippen LogP contribution in [0.5, 0.6) is 0 Å². The highest BCUT2D eigenvalue weighted by Crippen LogP contribution is 2.10. The highest BCUT2D eigenvalue weighted by Gasteiger charge is 2.26. The van der Waals surface area contributed by atoms with E-state index in [1.807, 2.05) is 44.2 Å². The molecule has 6 nitrogen and oxygen atoms in total. The van der Waals surface area contributed by atoms with Crippen molar-refractivity contribution in [2.75, 3.05) is 6.54 Å². The van der Waals surface area contributed by atoms with Gasteiger partial charge in [-0.1, -0.05) is 44.2 Å². The van der Waals surface area contributed by atoms with Gasteiger partial charge in [-0.2, -0.15) is 0 Å². The van der Waals surface area contributed by atoms with Crippen LogP contribution in [0.4, 0.5) is 0 Å². The van der Waals surface area contributed by atoms with Crippen LogP contribution in [0.1, 0.15) is 42.6 Å². The lowest BCUT2D eigenvalue weighted by atomic mass is 9.94. The molecule has 1 atom stereocenters. The van der Waals surface area contributed by atoms with E-state index in [1.54, 1.807) is 18.3 Å². The number of nitrogens with one attached hydrogen (secondary N) is 2. The number of hydrogen-bond acceptors (Lipinski definition) is 4. The number of hydrogen-bond donors (Lipinski definition) is 3. The number of halogens is 2. The first-order chi connectivity index (χ1) is 13.0. The van der Waals surface area contributed by atoms with Crippen LogP contribution in [0.2, 0.25) is 0 Å². The third-order valence-electron chi connectivity index (χ3n) is 4.85. The molecule has 8 heteroatoms. The molecule has 0 saturated heterocycles. The second-order valence-corrected chi connectivity index (χ2v) is 6.74. The van der Waals surface area contributed by atoms with E-state index < -0.39 is 11.6 Å². The molecule has 2 aromatic rings. The van der Waals surface area contributed by atoms with Gasteiger partial charge in [0.15, 0.2) is 0 Å². The molecular formula is C21H30Cl2N4O2. The summed E-state index contributed by atoms with van der Waals surface area (Å²) in [7, 11) is 0. The van der Waals surface area contributed by atoms with Crippen molar-refractivity contribution in [1.82, 2.24) is 15.6 Å².